The minimum absolute atomic E-state index is 0.823. The van der Waals surface area contributed by atoms with Crippen molar-refractivity contribution >= 4 is 17.1 Å². The Balaban J connectivity index is 1.73. The van der Waals surface area contributed by atoms with Crippen LogP contribution >= 0.6 is 0 Å². The summed E-state index contributed by atoms with van der Waals surface area (Å²) in [5.74, 6) is 0. The summed E-state index contributed by atoms with van der Waals surface area (Å²) in [6, 6.07) is 16.6. The zero-order valence-electron chi connectivity index (χ0n) is 16.6. The molecule has 0 saturated carbocycles. The molecule has 0 spiro atoms. The molecule has 27 heavy (non-hydrogen) atoms. The van der Waals surface area contributed by atoms with Gasteiger partial charge in [-0.25, -0.2) is 4.68 Å². The minimum Gasteiger partial charge on any atom is -0.378 e. The van der Waals surface area contributed by atoms with Gasteiger partial charge in [-0.1, -0.05) is 25.1 Å². The highest BCUT2D eigenvalue weighted by atomic mass is 15.4. The van der Waals surface area contributed by atoms with Crippen LogP contribution in [0, 0.1) is 0 Å². The van der Waals surface area contributed by atoms with Crippen molar-refractivity contribution in [2.75, 3.05) is 37.4 Å². The highest BCUT2D eigenvalue weighted by molar-refractivity contribution is 5.64. The molecule has 142 valence electrons. The second-order valence-corrected chi connectivity index (χ2v) is 6.73. The molecule has 3 rings (SSSR count). The van der Waals surface area contributed by atoms with Crippen molar-refractivity contribution in [1.82, 2.24) is 19.9 Å². The lowest BCUT2D eigenvalue weighted by Crippen LogP contribution is -2.22. The molecular formula is C21H28N6. The van der Waals surface area contributed by atoms with Gasteiger partial charge in [-0.15, -0.1) is 5.10 Å². The van der Waals surface area contributed by atoms with Gasteiger partial charge in [0, 0.05) is 37.7 Å². The van der Waals surface area contributed by atoms with E-state index >= 15 is 0 Å². The molecule has 2 aromatic carbocycles. The van der Waals surface area contributed by atoms with Crippen molar-refractivity contribution in [3.05, 3.63) is 60.4 Å². The molecule has 0 radical (unpaired) electrons. The molecule has 0 fully saturated rings. The van der Waals surface area contributed by atoms with Gasteiger partial charge in [-0.3, -0.25) is 4.90 Å². The summed E-state index contributed by atoms with van der Waals surface area (Å²) in [4.78, 5) is 4.41. The first-order chi connectivity index (χ1) is 13.1. The summed E-state index contributed by atoms with van der Waals surface area (Å²) in [5, 5.41) is 12.1. The maximum atomic E-state index is 4.31. The van der Waals surface area contributed by atoms with Gasteiger partial charge < -0.3 is 10.2 Å². The van der Waals surface area contributed by atoms with E-state index in [9.17, 15) is 0 Å². The topological polar surface area (TPSA) is 49.2 Å². The normalized spacial score (nSPS) is 11.0. The van der Waals surface area contributed by atoms with Crippen molar-refractivity contribution in [2.45, 2.75) is 20.4 Å². The fraction of sp³-hybridized carbons (Fsp3) is 0.333. The van der Waals surface area contributed by atoms with E-state index in [1.54, 1.807) is 0 Å². The molecule has 0 bridgehead atoms. The smallest absolute Gasteiger partial charge is 0.0971 e. The Hall–Kier alpha value is -2.86. The van der Waals surface area contributed by atoms with E-state index in [2.05, 4.69) is 75.7 Å². The average molecular weight is 364 g/mol. The van der Waals surface area contributed by atoms with Crippen molar-refractivity contribution in [2.24, 2.45) is 0 Å². The first-order valence-corrected chi connectivity index (χ1v) is 9.37. The van der Waals surface area contributed by atoms with Crippen LogP contribution in [0.1, 0.15) is 19.5 Å². The Morgan fingerprint density at radius 1 is 0.963 bits per heavy atom. The van der Waals surface area contributed by atoms with Crippen LogP contribution in [-0.4, -0.2) is 47.1 Å². The predicted molar refractivity (Wildman–Crippen MR) is 112 cm³/mol. The van der Waals surface area contributed by atoms with Crippen molar-refractivity contribution < 1.29 is 0 Å². The van der Waals surface area contributed by atoms with Gasteiger partial charge in [-0.05, 0) is 55.6 Å². The van der Waals surface area contributed by atoms with Gasteiger partial charge in [0.05, 0.1) is 17.6 Å². The molecule has 0 saturated heterocycles. The Morgan fingerprint density at radius 3 is 2.37 bits per heavy atom. The van der Waals surface area contributed by atoms with E-state index in [1.165, 1.54) is 5.69 Å². The molecule has 3 aromatic rings. The average Bonchev–Trinajstić information content (AvgIpc) is 3.15. The van der Waals surface area contributed by atoms with Gasteiger partial charge in [0.25, 0.3) is 0 Å². The Bertz CT molecular complexity index is 849. The fourth-order valence-corrected chi connectivity index (χ4v) is 2.91. The zero-order chi connectivity index (χ0) is 19.2. The third-order valence-electron chi connectivity index (χ3n) is 4.60. The SMILES string of the molecule is CCN(CC)Cc1cn(-c2cccc(Nc3ccc(N(C)C)cc3)c2)nn1. The van der Waals surface area contributed by atoms with Crippen molar-refractivity contribution in [3.8, 4) is 5.69 Å². The molecule has 0 atom stereocenters. The monoisotopic (exact) mass is 364 g/mol. The maximum Gasteiger partial charge on any atom is 0.0971 e. The number of rotatable bonds is 8. The number of hydrogen-bond donors (Lipinski definition) is 1. The van der Waals surface area contributed by atoms with Crippen LogP contribution in [0.25, 0.3) is 5.69 Å². The quantitative estimate of drug-likeness (QED) is 0.656. The first-order valence-electron chi connectivity index (χ1n) is 9.37. The van der Waals surface area contributed by atoms with Gasteiger partial charge in [0.1, 0.15) is 0 Å². The summed E-state index contributed by atoms with van der Waals surface area (Å²) in [7, 11) is 4.08. The fourth-order valence-electron chi connectivity index (χ4n) is 2.91. The second-order valence-electron chi connectivity index (χ2n) is 6.73. The molecule has 0 unspecified atom stereocenters. The highest BCUT2D eigenvalue weighted by Gasteiger charge is 2.07. The molecule has 0 aliphatic heterocycles. The van der Waals surface area contributed by atoms with Crippen LogP contribution in [0.15, 0.2) is 54.7 Å². The molecule has 0 aliphatic rings. The Morgan fingerprint density at radius 2 is 1.70 bits per heavy atom. The van der Waals surface area contributed by atoms with Gasteiger partial charge >= 0.3 is 0 Å². The van der Waals surface area contributed by atoms with Crippen LogP contribution in [-0.2, 0) is 6.54 Å². The first kappa shape index (κ1) is 18.9. The summed E-state index contributed by atoms with van der Waals surface area (Å²) in [6.45, 7) is 7.16. The number of aromatic nitrogens is 3. The van der Waals surface area contributed by atoms with E-state index in [0.717, 1.165) is 42.4 Å². The second kappa shape index (κ2) is 8.68. The van der Waals surface area contributed by atoms with E-state index in [1.807, 2.05) is 37.1 Å². The van der Waals surface area contributed by atoms with Crippen LogP contribution < -0.4 is 10.2 Å². The largest absolute Gasteiger partial charge is 0.378 e. The summed E-state index contributed by atoms with van der Waals surface area (Å²) >= 11 is 0. The number of anilines is 3. The van der Waals surface area contributed by atoms with E-state index in [-0.39, 0.29) is 0 Å². The molecule has 1 heterocycles. The van der Waals surface area contributed by atoms with Crippen molar-refractivity contribution in [3.63, 3.8) is 0 Å². The summed E-state index contributed by atoms with van der Waals surface area (Å²) in [5.41, 5.74) is 5.22. The summed E-state index contributed by atoms with van der Waals surface area (Å²) in [6.07, 6.45) is 2.00. The third-order valence-corrected chi connectivity index (χ3v) is 4.60. The molecule has 1 aromatic heterocycles. The zero-order valence-corrected chi connectivity index (χ0v) is 16.6. The number of nitrogens with zero attached hydrogens (tertiary/aromatic N) is 5. The van der Waals surface area contributed by atoms with E-state index < -0.39 is 0 Å². The lowest BCUT2D eigenvalue weighted by Gasteiger charge is -2.15. The standard InChI is InChI=1S/C21H28N6/c1-5-26(6-2)15-19-16-27(24-23-19)21-9-7-8-18(14-21)22-17-10-12-20(13-11-17)25(3)4/h7-14,16,22H,5-6,15H2,1-4H3. The lowest BCUT2D eigenvalue weighted by atomic mass is 10.2. The summed E-state index contributed by atoms with van der Waals surface area (Å²) < 4.78 is 1.83. The van der Waals surface area contributed by atoms with Crippen LogP contribution in [0.2, 0.25) is 0 Å². The van der Waals surface area contributed by atoms with Crippen molar-refractivity contribution in [1.29, 1.82) is 0 Å². The van der Waals surface area contributed by atoms with Gasteiger partial charge in [-0.2, -0.15) is 0 Å². The Labute approximate surface area is 161 Å². The number of nitrogens with one attached hydrogen (secondary N) is 1. The number of benzene rings is 2. The molecule has 0 amide bonds. The minimum atomic E-state index is 0.823. The van der Waals surface area contributed by atoms with E-state index in [4.69, 9.17) is 0 Å². The molecular weight excluding hydrogens is 336 g/mol. The molecule has 1 N–H and O–H groups in total. The molecule has 0 aliphatic carbocycles. The molecule has 6 nitrogen and oxygen atoms in total. The van der Waals surface area contributed by atoms with Crippen LogP contribution in [0.3, 0.4) is 0 Å². The van der Waals surface area contributed by atoms with Gasteiger partial charge in [0.2, 0.25) is 0 Å². The lowest BCUT2D eigenvalue weighted by molar-refractivity contribution is 0.292. The predicted octanol–water partition coefficient (Wildman–Crippen LogP) is 3.92. The van der Waals surface area contributed by atoms with Crippen LogP contribution in [0.5, 0.6) is 0 Å². The van der Waals surface area contributed by atoms with E-state index in [0.29, 0.717) is 0 Å². The third kappa shape index (κ3) is 4.86. The van der Waals surface area contributed by atoms with Gasteiger partial charge in [0.15, 0.2) is 0 Å². The molecule has 6 heteroatoms. The number of hydrogen-bond acceptors (Lipinski definition) is 5. The Kier molecular flexibility index (Phi) is 6.08. The highest BCUT2D eigenvalue weighted by Crippen LogP contribution is 2.22. The van der Waals surface area contributed by atoms with Crippen LogP contribution in [0.4, 0.5) is 17.1 Å². The maximum absolute atomic E-state index is 4.31.